The van der Waals surface area contributed by atoms with E-state index in [1.165, 1.54) is 0 Å². The van der Waals surface area contributed by atoms with Crippen LogP contribution >= 0.6 is 0 Å². The van der Waals surface area contributed by atoms with Gasteiger partial charge in [0.2, 0.25) is 0 Å². The van der Waals surface area contributed by atoms with E-state index in [0.717, 1.165) is 37.6 Å². The van der Waals surface area contributed by atoms with Crippen molar-refractivity contribution in [3.8, 4) is 5.75 Å². The second-order valence-electron chi connectivity index (χ2n) is 5.10. The number of nitrogens with zero attached hydrogens (tertiary/aromatic N) is 1. The maximum Gasteiger partial charge on any atom is 0.142 e. The Bertz CT molecular complexity index is 460. The molecule has 1 unspecified atom stereocenters. The van der Waals surface area contributed by atoms with Gasteiger partial charge in [-0.05, 0) is 18.6 Å². The fourth-order valence-corrected chi connectivity index (χ4v) is 2.70. The number of carbonyl (C=O) groups is 1. The van der Waals surface area contributed by atoms with Crippen LogP contribution in [0.2, 0.25) is 0 Å². The van der Waals surface area contributed by atoms with E-state index in [-0.39, 0.29) is 5.92 Å². The van der Waals surface area contributed by atoms with Crippen molar-refractivity contribution in [2.75, 3.05) is 37.8 Å². The molecule has 3 rings (SSSR count). The molecule has 102 valence electrons. The minimum Gasteiger partial charge on any atom is -0.491 e. The topological polar surface area (TPSA) is 38.8 Å². The molecule has 1 fully saturated rings. The summed E-state index contributed by atoms with van der Waals surface area (Å²) in [7, 11) is 0. The Morgan fingerprint density at radius 3 is 3.05 bits per heavy atom. The number of benzene rings is 1. The molecule has 2 aliphatic rings. The fraction of sp³-hybridized carbons (Fsp3) is 0.533. The molecular weight excluding hydrogens is 242 g/mol. The van der Waals surface area contributed by atoms with Crippen molar-refractivity contribution in [3.05, 3.63) is 24.3 Å². The van der Waals surface area contributed by atoms with Crippen LogP contribution in [0, 0.1) is 5.92 Å². The van der Waals surface area contributed by atoms with Crippen molar-refractivity contribution in [1.29, 1.82) is 0 Å². The molecule has 19 heavy (non-hydrogen) atoms. The van der Waals surface area contributed by atoms with Gasteiger partial charge in [-0.1, -0.05) is 12.1 Å². The van der Waals surface area contributed by atoms with Gasteiger partial charge in [0.25, 0.3) is 0 Å². The molecule has 0 saturated carbocycles. The van der Waals surface area contributed by atoms with E-state index in [1.807, 2.05) is 18.2 Å². The first-order valence-corrected chi connectivity index (χ1v) is 6.92. The fourth-order valence-electron chi connectivity index (χ4n) is 2.70. The maximum absolute atomic E-state index is 11.9. The van der Waals surface area contributed by atoms with Crippen molar-refractivity contribution in [3.63, 3.8) is 0 Å². The molecule has 1 aromatic carbocycles. The summed E-state index contributed by atoms with van der Waals surface area (Å²) in [4.78, 5) is 14.2. The van der Waals surface area contributed by atoms with Gasteiger partial charge >= 0.3 is 0 Å². The SMILES string of the molecule is O=C1CCOCC1CN1CCCOc2ccccc21. The molecule has 2 aliphatic heterocycles. The number of Topliss-reactive ketones (excluding diaryl/α,β-unsaturated/α-hetero) is 1. The Morgan fingerprint density at radius 1 is 1.26 bits per heavy atom. The average molecular weight is 261 g/mol. The van der Waals surface area contributed by atoms with Crippen molar-refractivity contribution < 1.29 is 14.3 Å². The lowest BCUT2D eigenvalue weighted by molar-refractivity contribution is -0.129. The van der Waals surface area contributed by atoms with Crippen LogP contribution in [0.1, 0.15) is 12.8 Å². The largest absolute Gasteiger partial charge is 0.491 e. The third kappa shape index (κ3) is 2.73. The first-order valence-electron chi connectivity index (χ1n) is 6.92. The number of fused-ring (bicyclic) bond motifs is 1. The predicted molar refractivity (Wildman–Crippen MR) is 72.7 cm³/mol. The van der Waals surface area contributed by atoms with E-state index in [0.29, 0.717) is 25.4 Å². The monoisotopic (exact) mass is 261 g/mol. The molecule has 4 heteroatoms. The number of para-hydroxylation sites is 2. The molecule has 2 heterocycles. The number of carbonyl (C=O) groups excluding carboxylic acids is 1. The van der Waals surface area contributed by atoms with Crippen LogP contribution in [0.15, 0.2) is 24.3 Å². The second-order valence-corrected chi connectivity index (χ2v) is 5.10. The van der Waals surface area contributed by atoms with Gasteiger partial charge in [0.15, 0.2) is 0 Å². The lowest BCUT2D eigenvalue weighted by Gasteiger charge is -2.29. The zero-order chi connectivity index (χ0) is 13.1. The smallest absolute Gasteiger partial charge is 0.142 e. The van der Waals surface area contributed by atoms with Gasteiger partial charge in [-0.15, -0.1) is 0 Å². The lowest BCUT2D eigenvalue weighted by Crippen LogP contribution is -2.39. The number of ketones is 1. The third-order valence-corrected chi connectivity index (χ3v) is 3.74. The van der Waals surface area contributed by atoms with Crippen molar-refractivity contribution in [2.45, 2.75) is 12.8 Å². The van der Waals surface area contributed by atoms with Crippen molar-refractivity contribution in [2.24, 2.45) is 5.92 Å². The molecule has 4 nitrogen and oxygen atoms in total. The van der Waals surface area contributed by atoms with E-state index < -0.39 is 0 Å². The van der Waals surface area contributed by atoms with Gasteiger partial charge < -0.3 is 14.4 Å². The van der Waals surface area contributed by atoms with Crippen LogP contribution in [-0.4, -0.2) is 38.7 Å². The first kappa shape index (κ1) is 12.5. The molecule has 0 bridgehead atoms. The number of hydrogen-bond donors (Lipinski definition) is 0. The molecule has 0 amide bonds. The summed E-state index contributed by atoms with van der Waals surface area (Å²) in [5.74, 6) is 1.25. The van der Waals surface area contributed by atoms with Crippen LogP contribution in [0.3, 0.4) is 0 Å². The highest BCUT2D eigenvalue weighted by atomic mass is 16.5. The number of anilines is 1. The van der Waals surface area contributed by atoms with E-state index in [4.69, 9.17) is 9.47 Å². The van der Waals surface area contributed by atoms with Gasteiger partial charge in [0.05, 0.1) is 31.4 Å². The number of ether oxygens (including phenoxy) is 2. The standard InChI is InChI=1S/C15H19NO3/c17-14-6-9-18-11-12(14)10-16-7-3-8-19-15-5-2-1-4-13(15)16/h1-2,4-5,12H,3,6-11H2. The number of hydrogen-bond acceptors (Lipinski definition) is 4. The molecule has 1 aromatic rings. The summed E-state index contributed by atoms with van der Waals surface area (Å²) in [5, 5.41) is 0. The maximum atomic E-state index is 11.9. The zero-order valence-electron chi connectivity index (χ0n) is 11.0. The normalized spacial score (nSPS) is 23.5. The van der Waals surface area contributed by atoms with Gasteiger partial charge in [-0.25, -0.2) is 0 Å². The molecule has 1 saturated heterocycles. The summed E-state index contributed by atoms with van der Waals surface area (Å²) in [6.07, 6.45) is 1.53. The van der Waals surface area contributed by atoms with Gasteiger partial charge in [-0.2, -0.15) is 0 Å². The molecule has 0 spiro atoms. The molecule has 0 N–H and O–H groups in total. The van der Waals surface area contributed by atoms with E-state index in [1.54, 1.807) is 0 Å². The molecular formula is C15H19NO3. The van der Waals surface area contributed by atoms with Gasteiger partial charge in [0.1, 0.15) is 11.5 Å². The van der Waals surface area contributed by atoms with Gasteiger partial charge in [0, 0.05) is 19.5 Å². The summed E-state index contributed by atoms with van der Waals surface area (Å²) < 4.78 is 11.2. The Morgan fingerprint density at radius 2 is 2.16 bits per heavy atom. The molecule has 1 atom stereocenters. The van der Waals surface area contributed by atoms with E-state index >= 15 is 0 Å². The Hall–Kier alpha value is -1.55. The number of rotatable bonds is 2. The first-order chi connectivity index (χ1) is 9.34. The minimum absolute atomic E-state index is 0.0000869. The zero-order valence-corrected chi connectivity index (χ0v) is 11.0. The van der Waals surface area contributed by atoms with E-state index in [2.05, 4.69) is 11.0 Å². The molecule has 0 aromatic heterocycles. The summed E-state index contributed by atoms with van der Waals surface area (Å²) in [6, 6.07) is 8.05. The lowest BCUT2D eigenvalue weighted by atomic mass is 9.99. The summed E-state index contributed by atoms with van der Waals surface area (Å²) >= 11 is 0. The van der Waals surface area contributed by atoms with Crippen LogP contribution in [-0.2, 0) is 9.53 Å². The van der Waals surface area contributed by atoms with Crippen LogP contribution in [0.5, 0.6) is 5.75 Å². The Labute approximate surface area is 113 Å². The van der Waals surface area contributed by atoms with Crippen LogP contribution in [0.4, 0.5) is 5.69 Å². The van der Waals surface area contributed by atoms with Crippen LogP contribution in [0.25, 0.3) is 0 Å². The molecule has 0 radical (unpaired) electrons. The summed E-state index contributed by atoms with van der Waals surface area (Å²) in [6.45, 7) is 3.54. The predicted octanol–water partition coefficient (Wildman–Crippen LogP) is 1.88. The average Bonchev–Trinajstić information content (AvgIpc) is 2.64. The molecule has 0 aliphatic carbocycles. The van der Waals surface area contributed by atoms with E-state index in [9.17, 15) is 4.79 Å². The van der Waals surface area contributed by atoms with Crippen molar-refractivity contribution >= 4 is 11.5 Å². The highest BCUT2D eigenvalue weighted by Crippen LogP contribution is 2.31. The van der Waals surface area contributed by atoms with Crippen LogP contribution < -0.4 is 9.64 Å². The van der Waals surface area contributed by atoms with Crippen molar-refractivity contribution in [1.82, 2.24) is 0 Å². The Kier molecular flexibility index (Phi) is 3.69. The minimum atomic E-state index is -0.0000869. The highest BCUT2D eigenvalue weighted by molar-refractivity contribution is 5.82. The second kappa shape index (κ2) is 5.61. The quantitative estimate of drug-likeness (QED) is 0.815. The van der Waals surface area contributed by atoms with Gasteiger partial charge in [-0.3, -0.25) is 4.79 Å². The Balaban J connectivity index is 1.78. The summed E-state index contributed by atoms with van der Waals surface area (Å²) in [5.41, 5.74) is 1.10. The highest BCUT2D eigenvalue weighted by Gasteiger charge is 2.27. The third-order valence-electron chi connectivity index (χ3n) is 3.74.